The van der Waals surface area contributed by atoms with Crippen LogP contribution in [0.25, 0.3) is 0 Å². The van der Waals surface area contributed by atoms with Gasteiger partial charge in [-0.2, -0.15) is 0 Å². The molecule has 0 saturated heterocycles. The van der Waals surface area contributed by atoms with Crippen LogP contribution >= 0.6 is 0 Å². The third kappa shape index (κ3) is 1.95. The van der Waals surface area contributed by atoms with Crippen LogP contribution in [0.2, 0.25) is 0 Å². The van der Waals surface area contributed by atoms with Gasteiger partial charge in [-0.1, -0.05) is 0 Å². The van der Waals surface area contributed by atoms with Gasteiger partial charge in [-0.25, -0.2) is 4.98 Å². The Morgan fingerprint density at radius 2 is 2.39 bits per heavy atom. The van der Waals surface area contributed by atoms with Gasteiger partial charge < -0.3 is 9.72 Å². The molecule has 1 aliphatic heterocycles. The second-order valence-electron chi connectivity index (χ2n) is 4.29. The second-order valence-corrected chi connectivity index (χ2v) is 4.29. The lowest BCUT2D eigenvalue weighted by molar-refractivity contribution is 0.102. The highest BCUT2D eigenvalue weighted by atomic mass is 16.5. The quantitative estimate of drug-likeness (QED) is 0.846. The van der Waals surface area contributed by atoms with Crippen LogP contribution < -0.4 is 10.1 Å². The van der Waals surface area contributed by atoms with Crippen LogP contribution in [-0.4, -0.2) is 22.5 Å². The Hall–Kier alpha value is -2.30. The van der Waals surface area contributed by atoms with Crippen molar-refractivity contribution in [2.24, 2.45) is 0 Å². The lowest BCUT2D eigenvalue weighted by Gasteiger charge is -2.04. The van der Waals surface area contributed by atoms with Crippen molar-refractivity contribution in [1.29, 1.82) is 0 Å². The van der Waals surface area contributed by atoms with E-state index < -0.39 is 0 Å². The van der Waals surface area contributed by atoms with Gasteiger partial charge in [-0.15, -0.1) is 0 Å². The maximum atomic E-state index is 12.0. The first-order chi connectivity index (χ1) is 8.72. The van der Waals surface area contributed by atoms with Crippen LogP contribution in [0.15, 0.2) is 24.4 Å². The zero-order chi connectivity index (χ0) is 12.5. The van der Waals surface area contributed by atoms with Gasteiger partial charge in [0.2, 0.25) is 5.95 Å². The molecule has 0 atom stereocenters. The molecule has 3 rings (SSSR count). The van der Waals surface area contributed by atoms with E-state index in [0.717, 1.165) is 23.4 Å². The number of nitrogens with zero attached hydrogens (tertiary/aromatic N) is 1. The number of benzene rings is 1. The Kier molecular flexibility index (Phi) is 2.51. The summed E-state index contributed by atoms with van der Waals surface area (Å²) in [5, 5.41) is 2.72. The number of amides is 1. The molecule has 18 heavy (non-hydrogen) atoms. The standard InChI is InChI=1S/C13H13N3O2/c1-8-7-14-13(15-8)16-12(17)10-2-3-11-9(6-10)4-5-18-11/h2-3,6-7H,4-5H2,1H3,(H2,14,15,16,17). The number of imidazole rings is 1. The van der Waals surface area contributed by atoms with Gasteiger partial charge in [0.25, 0.3) is 5.91 Å². The highest BCUT2D eigenvalue weighted by Gasteiger charge is 2.15. The Balaban J connectivity index is 1.80. The van der Waals surface area contributed by atoms with Gasteiger partial charge in [0.05, 0.1) is 6.61 Å². The number of carbonyl (C=O) groups is 1. The molecule has 1 aromatic heterocycles. The summed E-state index contributed by atoms with van der Waals surface area (Å²) in [6.07, 6.45) is 2.53. The fourth-order valence-electron chi connectivity index (χ4n) is 1.98. The zero-order valence-corrected chi connectivity index (χ0v) is 9.99. The van der Waals surface area contributed by atoms with Crippen molar-refractivity contribution in [3.8, 4) is 5.75 Å². The fraction of sp³-hybridized carbons (Fsp3) is 0.231. The molecule has 2 N–H and O–H groups in total. The number of carbonyl (C=O) groups excluding carboxylic acids is 1. The van der Waals surface area contributed by atoms with E-state index in [1.165, 1.54) is 0 Å². The Morgan fingerprint density at radius 1 is 1.50 bits per heavy atom. The number of fused-ring (bicyclic) bond motifs is 1. The molecule has 2 heterocycles. The van der Waals surface area contributed by atoms with Gasteiger partial charge >= 0.3 is 0 Å². The Morgan fingerprint density at radius 3 is 3.17 bits per heavy atom. The number of anilines is 1. The minimum absolute atomic E-state index is 0.168. The van der Waals surface area contributed by atoms with Crippen molar-refractivity contribution in [2.45, 2.75) is 13.3 Å². The Labute approximate surface area is 104 Å². The van der Waals surface area contributed by atoms with E-state index >= 15 is 0 Å². The number of hydrogen-bond donors (Lipinski definition) is 2. The highest BCUT2D eigenvalue weighted by molar-refractivity contribution is 6.03. The van der Waals surface area contributed by atoms with E-state index in [4.69, 9.17) is 4.74 Å². The summed E-state index contributed by atoms with van der Waals surface area (Å²) in [4.78, 5) is 19.0. The topological polar surface area (TPSA) is 67.0 Å². The molecule has 1 aromatic carbocycles. The summed E-state index contributed by atoms with van der Waals surface area (Å²) in [5.74, 6) is 1.17. The number of aromatic amines is 1. The lowest BCUT2D eigenvalue weighted by Crippen LogP contribution is -2.13. The average molecular weight is 243 g/mol. The molecule has 92 valence electrons. The van der Waals surface area contributed by atoms with Crippen LogP contribution in [0.3, 0.4) is 0 Å². The number of rotatable bonds is 2. The van der Waals surface area contributed by atoms with Crippen molar-refractivity contribution < 1.29 is 9.53 Å². The molecule has 1 aliphatic rings. The van der Waals surface area contributed by atoms with Crippen LogP contribution in [0.4, 0.5) is 5.95 Å². The molecular formula is C13H13N3O2. The first kappa shape index (κ1) is 10.8. The van der Waals surface area contributed by atoms with Crippen molar-refractivity contribution >= 4 is 11.9 Å². The van der Waals surface area contributed by atoms with Gasteiger partial charge in [-0.3, -0.25) is 10.1 Å². The first-order valence-electron chi connectivity index (χ1n) is 5.81. The molecule has 5 nitrogen and oxygen atoms in total. The molecule has 5 heteroatoms. The fourth-order valence-corrected chi connectivity index (χ4v) is 1.98. The molecule has 0 saturated carbocycles. The number of ether oxygens (including phenoxy) is 1. The highest BCUT2D eigenvalue weighted by Crippen LogP contribution is 2.26. The van der Waals surface area contributed by atoms with Crippen molar-refractivity contribution in [1.82, 2.24) is 9.97 Å². The normalized spacial score (nSPS) is 12.9. The number of H-pyrrole nitrogens is 1. The molecule has 1 amide bonds. The third-order valence-corrected chi connectivity index (χ3v) is 2.89. The lowest BCUT2D eigenvalue weighted by atomic mass is 10.1. The first-order valence-corrected chi connectivity index (χ1v) is 5.81. The molecule has 0 spiro atoms. The SMILES string of the molecule is Cc1cnc(NC(=O)c2ccc3c(c2)CCO3)[nH]1. The monoisotopic (exact) mass is 243 g/mol. The van der Waals surface area contributed by atoms with Gasteiger partial charge in [-0.05, 0) is 30.7 Å². The minimum Gasteiger partial charge on any atom is -0.493 e. The number of hydrogen-bond acceptors (Lipinski definition) is 3. The molecule has 0 bridgehead atoms. The van der Waals surface area contributed by atoms with Crippen LogP contribution in [-0.2, 0) is 6.42 Å². The van der Waals surface area contributed by atoms with E-state index in [0.29, 0.717) is 18.1 Å². The predicted molar refractivity (Wildman–Crippen MR) is 66.9 cm³/mol. The van der Waals surface area contributed by atoms with E-state index in [9.17, 15) is 4.79 Å². The zero-order valence-electron chi connectivity index (χ0n) is 9.99. The summed E-state index contributed by atoms with van der Waals surface area (Å²) < 4.78 is 5.40. The van der Waals surface area contributed by atoms with Crippen LogP contribution in [0.5, 0.6) is 5.75 Å². The number of nitrogens with one attached hydrogen (secondary N) is 2. The number of aryl methyl sites for hydroxylation is 1. The van der Waals surface area contributed by atoms with Gasteiger partial charge in [0.1, 0.15) is 5.75 Å². The van der Waals surface area contributed by atoms with E-state index in [1.54, 1.807) is 12.3 Å². The molecule has 0 radical (unpaired) electrons. The maximum absolute atomic E-state index is 12.0. The minimum atomic E-state index is -0.168. The van der Waals surface area contributed by atoms with Crippen molar-refractivity contribution in [3.63, 3.8) is 0 Å². The number of aromatic nitrogens is 2. The van der Waals surface area contributed by atoms with Gasteiger partial charge in [0.15, 0.2) is 0 Å². The second kappa shape index (κ2) is 4.18. The summed E-state index contributed by atoms with van der Waals surface area (Å²) in [5.41, 5.74) is 2.61. The largest absolute Gasteiger partial charge is 0.493 e. The third-order valence-electron chi connectivity index (χ3n) is 2.89. The molecule has 2 aromatic rings. The van der Waals surface area contributed by atoms with Crippen LogP contribution in [0.1, 0.15) is 21.6 Å². The Bertz CT molecular complexity index is 604. The summed E-state index contributed by atoms with van der Waals surface area (Å²) in [6, 6.07) is 5.47. The molecular weight excluding hydrogens is 230 g/mol. The summed E-state index contributed by atoms with van der Waals surface area (Å²) >= 11 is 0. The van der Waals surface area contributed by atoms with E-state index in [1.807, 2.05) is 19.1 Å². The molecule has 0 fully saturated rings. The van der Waals surface area contributed by atoms with Crippen molar-refractivity contribution in [2.75, 3.05) is 11.9 Å². The molecule has 0 unspecified atom stereocenters. The summed E-state index contributed by atoms with van der Waals surface area (Å²) in [7, 11) is 0. The smallest absolute Gasteiger partial charge is 0.257 e. The van der Waals surface area contributed by atoms with Crippen molar-refractivity contribution in [3.05, 3.63) is 41.2 Å². The van der Waals surface area contributed by atoms with E-state index in [-0.39, 0.29) is 5.91 Å². The van der Waals surface area contributed by atoms with Gasteiger partial charge in [0, 0.05) is 23.9 Å². The maximum Gasteiger partial charge on any atom is 0.257 e. The average Bonchev–Trinajstić information content (AvgIpc) is 2.96. The molecule has 0 aliphatic carbocycles. The summed E-state index contributed by atoms with van der Waals surface area (Å²) in [6.45, 7) is 2.58. The van der Waals surface area contributed by atoms with E-state index in [2.05, 4.69) is 15.3 Å². The van der Waals surface area contributed by atoms with Crippen LogP contribution in [0, 0.1) is 6.92 Å². The predicted octanol–water partition coefficient (Wildman–Crippen LogP) is 1.91.